The predicted octanol–water partition coefficient (Wildman–Crippen LogP) is 3.87. The average Bonchev–Trinajstić information content (AvgIpc) is 3.28. The molecule has 7 nitrogen and oxygen atoms in total. The molecule has 0 aliphatic carbocycles. The van der Waals surface area contributed by atoms with Gasteiger partial charge in [0.15, 0.2) is 5.65 Å². The normalized spacial score (nSPS) is 14.1. The number of anilines is 1. The summed E-state index contributed by atoms with van der Waals surface area (Å²) in [4.78, 5) is 26.3. The highest BCUT2D eigenvalue weighted by Gasteiger charge is 2.26. The van der Waals surface area contributed by atoms with Gasteiger partial charge in [-0.2, -0.15) is 5.10 Å². The zero-order chi connectivity index (χ0) is 22.8. The van der Waals surface area contributed by atoms with Crippen LogP contribution in [0.2, 0.25) is 0 Å². The van der Waals surface area contributed by atoms with Crippen molar-refractivity contribution < 1.29 is 9.18 Å². The van der Waals surface area contributed by atoms with E-state index in [1.807, 2.05) is 41.2 Å². The van der Waals surface area contributed by atoms with Gasteiger partial charge in [0.1, 0.15) is 17.5 Å². The molecule has 5 rings (SSSR count). The molecule has 1 fully saturated rings. The lowest BCUT2D eigenvalue weighted by Crippen LogP contribution is -2.49. The minimum Gasteiger partial charge on any atom is -0.352 e. The summed E-state index contributed by atoms with van der Waals surface area (Å²) in [6.07, 6.45) is 3.52. The van der Waals surface area contributed by atoms with Crippen LogP contribution in [0.15, 0.2) is 60.8 Å². The molecule has 1 aliphatic rings. The molecule has 0 radical (unpaired) electrons. The summed E-state index contributed by atoms with van der Waals surface area (Å²) in [5.74, 6) is 0.857. The van der Waals surface area contributed by atoms with Gasteiger partial charge in [-0.3, -0.25) is 4.79 Å². The molecule has 8 heteroatoms. The van der Waals surface area contributed by atoms with Gasteiger partial charge in [-0.05, 0) is 30.7 Å². The van der Waals surface area contributed by atoms with Gasteiger partial charge in [0, 0.05) is 32.6 Å². The lowest BCUT2D eigenvalue weighted by atomic mass is 10.1. The maximum Gasteiger partial charge on any atom is 0.256 e. The summed E-state index contributed by atoms with van der Waals surface area (Å²) < 4.78 is 15.9. The Balaban J connectivity index is 1.44. The Labute approximate surface area is 191 Å². The summed E-state index contributed by atoms with van der Waals surface area (Å²) in [6, 6.07) is 16.1. The number of aromatic nitrogens is 4. The van der Waals surface area contributed by atoms with Crippen LogP contribution < -0.4 is 4.90 Å². The molecule has 1 aliphatic heterocycles. The third kappa shape index (κ3) is 4.04. The van der Waals surface area contributed by atoms with Crippen LogP contribution in [-0.4, -0.2) is 56.7 Å². The van der Waals surface area contributed by atoms with E-state index in [9.17, 15) is 9.18 Å². The molecule has 168 valence electrons. The average molecular weight is 445 g/mol. The molecule has 0 atom stereocenters. The molecular weight excluding hydrogens is 419 g/mol. The SMILES string of the molecule is CCCc1nc(N2CCN(C(=O)c3ccccc3F)CC2)c2cnn(-c3ccccc3)c2n1. The van der Waals surface area contributed by atoms with E-state index in [0.29, 0.717) is 26.2 Å². The van der Waals surface area contributed by atoms with Crippen molar-refractivity contribution in [3.05, 3.63) is 78.0 Å². The van der Waals surface area contributed by atoms with Gasteiger partial charge in [-0.25, -0.2) is 19.0 Å². The number of rotatable bonds is 5. The minimum atomic E-state index is -0.486. The third-order valence-electron chi connectivity index (χ3n) is 5.90. The first-order chi connectivity index (χ1) is 16.2. The number of para-hydroxylation sites is 1. The highest BCUT2D eigenvalue weighted by molar-refractivity contribution is 5.95. The van der Waals surface area contributed by atoms with Gasteiger partial charge in [0.2, 0.25) is 0 Å². The molecule has 0 spiro atoms. The summed E-state index contributed by atoms with van der Waals surface area (Å²) >= 11 is 0. The van der Waals surface area contributed by atoms with Crippen molar-refractivity contribution in [1.29, 1.82) is 0 Å². The fourth-order valence-electron chi connectivity index (χ4n) is 4.20. The van der Waals surface area contributed by atoms with Crippen molar-refractivity contribution >= 4 is 22.8 Å². The molecular formula is C25H25FN6O. The summed E-state index contributed by atoms with van der Waals surface area (Å²) in [6.45, 7) is 4.31. The van der Waals surface area contributed by atoms with Gasteiger partial charge >= 0.3 is 0 Å². The van der Waals surface area contributed by atoms with E-state index in [1.165, 1.54) is 12.1 Å². The first kappa shape index (κ1) is 21.1. The first-order valence-electron chi connectivity index (χ1n) is 11.2. The van der Waals surface area contributed by atoms with Crippen LogP contribution in [0.4, 0.5) is 10.2 Å². The van der Waals surface area contributed by atoms with Crippen LogP contribution in [-0.2, 0) is 6.42 Å². The largest absolute Gasteiger partial charge is 0.352 e. The lowest BCUT2D eigenvalue weighted by Gasteiger charge is -2.35. The number of nitrogens with zero attached hydrogens (tertiary/aromatic N) is 6. The second-order valence-corrected chi connectivity index (χ2v) is 8.10. The molecule has 4 aromatic rings. The number of carbonyl (C=O) groups is 1. The zero-order valence-corrected chi connectivity index (χ0v) is 18.5. The van der Waals surface area contributed by atoms with Crippen LogP contribution in [0.25, 0.3) is 16.7 Å². The number of piperazine rings is 1. The Morgan fingerprint density at radius 2 is 1.70 bits per heavy atom. The molecule has 0 saturated carbocycles. The fraction of sp³-hybridized carbons (Fsp3) is 0.280. The number of carbonyl (C=O) groups excluding carboxylic acids is 1. The maximum absolute atomic E-state index is 14.1. The van der Waals surface area contributed by atoms with Crippen molar-refractivity contribution in [2.75, 3.05) is 31.1 Å². The molecule has 0 N–H and O–H groups in total. The van der Waals surface area contributed by atoms with Crippen LogP contribution in [0, 0.1) is 5.82 Å². The van der Waals surface area contributed by atoms with Gasteiger partial charge in [0.25, 0.3) is 5.91 Å². The second-order valence-electron chi connectivity index (χ2n) is 8.10. The molecule has 2 aromatic carbocycles. The van der Waals surface area contributed by atoms with Crippen LogP contribution in [0.5, 0.6) is 0 Å². The van der Waals surface area contributed by atoms with Crippen molar-refractivity contribution in [2.24, 2.45) is 0 Å². The number of amides is 1. The smallest absolute Gasteiger partial charge is 0.256 e. The summed E-state index contributed by atoms with van der Waals surface area (Å²) in [5, 5.41) is 5.48. The molecule has 33 heavy (non-hydrogen) atoms. The predicted molar refractivity (Wildman–Crippen MR) is 125 cm³/mol. The standard InChI is InChI=1S/C25H25FN6O/c1-2-8-22-28-23(20-17-27-32(24(20)29-22)18-9-4-3-5-10-18)30-13-15-31(16-14-30)25(33)19-11-6-7-12-21(19)26/h3-7,9-12,17H,2,8,13-16H2,1H3. The van der Waals surface area contributed by atoms with Crippen molar-refractivity contribution in [3.8, 4) is 5.69 Å². The van der Waals surface area contributed by atoms with Crippen LogP contribution in [0.1, 0.15) is 29.5 Å². The zero-order valence-electron chi connectivity index (χ0n) is 18.5. The fourth-order valence-corrected chi connectivity index (χ4v) is 4.20. The Kier molecular flexibility index (Phi) is 5.73. The number of benzene rings is 2. The number of fused-ring (bicyclic) bond motifs is 1. The van der Waals surface area contributed by atoms with E-state index in [0.717, 1.165) is 41.2 Å². The number of halogens is 1. The van der Waals surface area contributed by atoms with Crippen molar-refractivity contribution in [2.45, 2.75) is 19.8 Å². The Hall–Kier alpha value is -3.81. The van der Waals surface area contributed by atoms with Gasteiger partial charge in [-0.15, -0.1) is 0 Å². The second kappa shape index (κ2) is 8.97. The maximum atomic E-state index is 14.1. The Morgan fingerprint density at radius 3 is 2.42 bits per heavy atom. The van der Waals surface area contributed by atoms with Crippen molar-refractivity contribution in [3.63, 3.8) is 0 Å². The molecule has 3 heterocycles. The first-order valence-corrected chi connectivity index (χ1v) is 11.2. The van der Waals surface area contributed by atoms with Crippen molar-refractivity contribution in [1.82, 2.24) is 24.6 Å². The quantitative estimate of drug-likeness (QED) is 0.468. The molecule has 1 amide bonds. The number of hydrogen-bond acceptors (Lipinski definition) is 5. The highest BCUT2D eigenvalue weighted by atomic mass is 19.1. The molecule has 2 aromatic heterocycles. The minimum absolute atomic E-state index is 0.116. The Bertz CT molecular complexity index is 1280. The Morgan fingerprint density at radius 1 is 0.970 bits per heavy atom. The van der Waals surface area contributed by atoms with Gasteiger partial charge in [-0.1, -0.05) is 37.3 Å². The van der Waals surface area contributed by atoms with Gasteiger partial charge < -0.3 is 9.80 Å². The number of aryl methyl sites for hydroxylation is 1. The third-order valence-corrected chi connectivity index (χ3v) is 5.90. The van der Waals surface area contributed by atoms with E-state index in [1.54, 1.807) is 17.0 Å². The van der Waals surface area contributed by atoms with Crippen LogP contribution in [0.3, 0.4) is 0 Å². The summed E-state index contributed by atoms with van der Waals surface area (Å²) in [5.41, 5.74) is 1.84. The summed E-state index contributed by atoms with van der Waals surface area (Å²) in [7, 11) is 0. The molecule has 0 bridgehead atoms. The van der Waals surface area contributed by atoms with E-state index in [4.69, 9.17) is 9.97 Å². The van der Waals surface area contributed by atoms with E-state index in [-0.39, 0.29) is 11.5 Å². The molecule has 0 unspecified atom stereocenters. The number of hydrogen-bond donors (Lipinski definition) is 0. The lowest BCUT2D eigenvalue weighted by molar-refractivity contribution is 0.0742. The highest BCUT2D eigenvalue weighted by Crippen LogP contribution is 2.27. The monoisotopic (exact) mass is 444 g/mol. The molecule has 1 saturated heterocycles. The van der Waals surface area contributed by atoms with E-state index in [2.05, 4.69) is 16.9 Å². The van der Waals surface area contributed by atoms with Crippen LogP contribution >= 0.6 is 0 Å². The topological polar surface area (TPSA) is 67.2 Å². The van der Waals surface area contributed by atoms with E-state index >= 15 is 0 Å². The van der Waals surface area contributed by atoms with E-state index < -0.39 is 5.82 Å². The van der Waals surface area contributed by atoms with Gasteiger partial charge in [0.05, 0.1) is 22.8 Å².